The van der Waals surface area contributed by atoms with Crippen LogP contribution in [0, 0.1) is 6.92 Å². The summed E-state index contributed by atoms with van der Waals surface area (Å²) in [5.41, 5.74) is 1.14. The fourth-order valence-electron chi connectivity index (χ4n) is 2.40. The number of nitrogens with zero attached hydrogens (tertiary/aromatic N) is 2. The van der Waals surface area contributed by atoms with Crippen LogP contribution in [0.1, 0.15) is 37.4 Å². The van der Waals surface area contributed by atoms with Gasteiger partial charge in [0, 0.05) is 24.0 Å². The van der Waals surface area contributed by atoms with E-state index < -0.39 is 0 Å². The first-order chi connectivity index (χ1) is 8.51. The van der Waals surface area contributed by atoms with E-state index in [1.54, 1.807) is 11.3 Å². The summed E-state index contributed by atoms with van der Waals surface area (Å²) in [7, 11) is 1.99. The molecule has 2 heterocycles. The number of hydrogen-bond donors (Lipinski definition) is 1. The first kappa shape index (κ1) is 13.8. The summed E-state index contributed by atoms with van der Waals surface area (Å²) < 4.78 is 5.77. The van der Waals surface area contributed by atoms with Gasteiger partial charge in [-0.3, -0.25) is 0 Å². The minimum absolute atomic E-state index is 0.281. The predicted octanol–water partition coefficient (Wildman–Crippen LogP) is 2.35. The lowest BCUT2D eigenvalue weighted by molar-refractivity contribution is -0.00523. The molecule has 1 aromatic rings. The Kier molecular flexibility index (Phi) is 4.25. The number of aryl methyl sites for hydroxylation is 1. The highest BCUT2D eigenvalue weighted by Crippen LogP contribution is 2.31. The van der Waals surface area contributed by atoms with Crippen LogP contribution >= 0.6 is 11.3 Å². The van der Waals surface area contributed by atoms with Crippen LogP contribution in [0.2, 0.25) is 0 Å². The third kappa shape index (κ3) is 2.84. The van der Waals surface area contributed by atoms with Crippen LogP contribution in [-0.2, 0) is 4.74 Å². The van der Waals surface area contributed by atoms with E-state index in [1.807, 2.05) is 7.05 Å². The smallest absolute Gasteiger partial charge is 0.186 e. The quantitative estimate of drug-likeness (QED) is 0.914. The van der Waals surface area contributed by atoms with E-state index in [1.165, 1.54) is 4.88 Å². The number of hydrogen-bond acceptors (Lipinski definition) is 5. The SMILES string of the molecule is CNC(C)c1sc(N2C[C@@H](C)O[C@@H](C)C2)nc1C. The minimum atomic E-state index is 0.281. The van der Waals surface area contributed by atoms with Crippen LogP contribution in [0.3, 0.4) is 0 Å². The van der Waals surface area contributed by atoms with Crippen LogP contribution in [0.4, 0.5) is 5.13 Å². The largest absolute Gasteiger partial charge is 0.372 e. The molecule has 1 aliphatic rings. The van der Waals surface area contributed by atoms with E-state index >= 15 is 0 Å². The van der Waals surface area contributed by atoms with Crippen LogP contribution in [0.25, 0.3) is 0 Å². The molecule has 18 heavy (non-hydrogen) atoms. The van der Waals surface area contributed by atoms with E-state index in [9.17, 15) is 0 Å². The molecule has 102 valence electrons. The molecule has 2 rings (SSSR count). The second-order valence-electron chi connectivity index (χ2n) is 5.12. The number of rotatable bonds is 3. The van der Waals surface area contributed by atoms with Gasteiger partial charge in [0.1, 0.15) is 0 Å². The van der Waals surface area contributed by atoms with Crippen LogP contribution in [0.15, 0.2) is 0 Å². The number of aromatic nitrogens is 1. The molecule has 0 saturated carbocycles. The molecule has 5 heteroatoms. The van der Waals surface area contributed by atoms with Gasteiger partial charge >= 0.3 is 0 Å². The molecular formula is C13H23N3OS. The monoisotopic (exact) mass is 269 g/mol. The van der Waals surface area contributed by atoms with Gasteiger partial charge in [0.2, 0.25) is 0 Å². The molecule has 4 nitrogen and oxygen atoms in total. The second-order valence-corrected chi connectivity index (χ2v) is 6.13. The Labute approximate surface area is 113 Å². The molecule has 1 aromatic heterocycles. The van der Waals surface area contributed by atoms with Crippen molar-refractivity contribution in [2.75, 3.05) is 25.0 Å². The molecule has 1 unspecified atom stereocenters. The maximum Gasteiger partial charge on any atom is 0.186 e. The third-order valence-electron chi connectivity index (χ3n) is 3.34. The van der Waals surface area contributed by atoms with Crippen LogP contribution in [-0.4, -0.2) is 37.3 Å². The van der Waals surface area contributed by atoms with Crippen molar-refractivity contribution in [1.82, 2.24) is 10.3 Å². The van der Waals surface area contributed by atoms with Crippen molar-refractivity contribution < 1.29 is 4.74 Å². The van der Waals surface area contributed by atoms with Crippen molar-refractivity contribution in [3.63, 3.8) is 0 Å². The number of morpholine rings is 1. The average Bonchev–Trinajstić information content (AvgIpc) is 2.69. The van der Waals surface area contributed by atoms with E-state index in [2.05, 4.69) is 37.9 Å². The van der Waals surface area contributed by atoms with Crippen molar-refractivity contribution in [2.45, 2.75) is 45.9 Å². The maximum atomic E-state index is 5.77. The highest BCUT2D eigenvalue weighted by Gasteiger charge is 2.25. The fourth-order valence-corrected chi connectivity index (χ4v) is 3.54. The van der Waals surface area contributed by atoms with Gasteiger partial charge < -0.3 is 15.0 Å². The Morgan fingerprint density at radius 1 is 1.39 bits per heavy atom. The van der Waals surface area contributed by atoms with Gasteiger partial charge in [-0.1, -0.05) is 0 Å². The highest BCUT2D eigenvalue weighted by molar-refractivity contribution is 7.15. The van der Waals surface area contributed by atoms with E-state index in [4.69, 9.17) is 9.72 Å². The van der Waals surface area contributed by atoms with Crippen molar-refractivity contribution >= 4 is 16.5 Å². The topological polar surface area (TPSA) is 37.4 Å². The van der Waals surface area contributed by atoms with E-state index in [0.717, 1.165) is 23.9 Å². The number of ether oxygens (including phenoxy) is 1. The molecule has 0 aromatic carbocycles. The maximum absolute atomic E-state index is 5.77. The van der Waals surface area contributed by atoms with Gasteiger partial charge in [0.25, 0.3) is 0 Å². The summed E-state index contributed by atoms with van der Waals surface area (Å²) in [6.07, 6.45) is 0.561. The number of nitrogens with one attached hydrogen (secondary N) is 1. The van der Waals surface area contributed by atoms with Gasteiger partial charge in [0.15, 0.2) is 5.13 Å². The fraction of sp³-hybridized carbons (Fsp3) is 0.769. The predicted molar refractivity (Wildman–Crippen MR) is 76.5 cm³/mol. The zero-order chi connectivity index (χ0) is 13.3. The van der Waals surface area contributed by atoms with Gasteiger partial charge in [-0.2, -0.15) is 0 Å². The lowest BCUT2D eigenvalue weighted by Crippen LogP contribution is -2.45. The second kappa shape index (κ2) is 5.55. The van der Waals surface area contributed by atoms with Gasteiger partial charge in [-0.15, -0.1) is 11.3 Å². The standard InChI is InChI=1S/C13H23N3OS/c1-8-6-16(7-9(2)17-8)13-15-11(4)12(18-13)10(3)14-5/h8-10,14H,6-7H2,1-5H3/t8-,9+,10?. The molecule has 1 saturated heterocycles. The molecule has 0 spiro atoms. The first-order valence-electron chi connectivity index (χ1n) is 6.56. The first-order valence-corrected chi connectivity index (χ1v) is 7.38. The summed E-state index contributed by atoms with van der Waals surface area (Å²) in [6, 6.07) is 0.368. The molecule has 1 aliphatic heterocycles. The summed E-state index contributed by atoms with van der Waals surface area (Å²) in [6.45, 7) is 10.4. The Balaban J connectivity index is 2.18. The third-order valence-corrected chi connectivity index (χ3v) is 4.74. The van der Waals surface area contributed by atoms with Crippen molar-refractivity contribution in [3.8, 4) is 0 Å². The number of thiazole rings is 1. The Bertz CT molecular complexity index is 397. The zero-order valence-corrected chi connectivity index (χ0v) is 12.7. The van der Waals surface area contributed by atoms with Crippen LogP contribution in [0.5, 0.6) is 0 Å². The van der Waals surface area contributed by atoms with E-state index in [0.29, 0.717) is 6.04 Å². The number of anilines is 1. The van der Waals surface area contributed by atoms with Crippen molar-refractivity contribution in [3.05, 3.63) is 10.6 Å². The van der Waals surface area contributed by atoms with Crippen LogP contribution < -0.4 is 10.2 Å². The Morgan fingerprint density at radius 2 is 2.00 bits per heavy atom. The van der Waals surface area contributed by atoms with Crippen molar-refractivity contribution in [2.24, 2.45) is 0 Å². The molecule has 1 fully saturated rings. The molecule has 0 amide bonds. The zero-order valence-electron chi connectivity index (χ0n) is 11.9. The highest BCUT2D eigenvalue weighted by atomic mass is 32.1. The Morgan fingerprint density at radius 3 is 2.56 bits per heavy atom. The average molecular weight is 269 g/mol. The lowest BCUT2D eigenvalue weighted by atomic mass is 10.2. The Hall–Kier alpha value is -0.650. The molecule has 0 bridgehead atoms. The van der Waals surface area contributed by atoms with Gasteiger partial charge in [-0.25, -0.2) is 4.98 Å². The summed E-state index contributed by atoms with van der Waals surface area (Å²) >= 11 is 1.80. The minimum Gasteiger partial charge on any atom is -0.372 e. The summed E-state index contributed by atoms with van der Waals surface area (Å²) in [4.78, 5) is 8.40. The van der Waals surface area contributed by atoms with E-state index in [-0.39, 0.29) is 12.2 Å². The molecule has 0 radical (unpaired) electrons. The lowest BCUT2D eigenvalue weighted by Gasteiger charge is -2.35. The molecule has 0 aliphatic carbocycles. The molecular weight excluding hydrogens is 246 g/mol. The molecule has 3 atom stereocenters. The summed E-state index contributed by atoms with van der Waals surface area (Å²) in [5.74, 6) is 0. The summed E-state index contributed by atoms with van der Waals surface area (Å²) in [5, 5.41) is 4.41. The van der Waals surface area contributed by atoms with Gasteiger partial charge in [0.05, 0.1) is 17.9 Å². The van der Waals surface area contributed by atoms with Gasteiger partial charge in [-0.05, 0) is 34.7 Å². The molecule has 1 N–H and O–H groups in total. The normalized spacial score (nSPS) is 26.4. The van der Waals surface area contributed by atoms with Crippen molar-refractivity contribution in [1.29, 1.82) is 0 Å².